The molecule has 0 radical (unpaired) electrons. The number of thioether (sulfide) groups is 1. The van der Waals surface area contributed by atoms with E-state index in [1.807, 2.05) is 31.2 Å². The second-order valence-corrected chi connectivity index (χ2v) is 5.23. The highest BCUT2D eigenvalue weighted by atomic mass is 32.2. The van der Waals surface area contributed by atoms with Crippen LogP contribution in [-0.2, 0) is 12.3 Å². The summed E-state index contributed by atoms with van der Waals surface area (Å²) in [5.41, 5.74) is 0.917. The Morgan fingerprint density at radius 3 is 2.81 bits per heavy atom. The quantitative estimate of drug-likeness (QED) is 0.763. The Hall–Kier alpha value is -1.69. The summed E-state index contributed by atoms with van der Waals surface area (Å²) < 4.78 is 35.1. The number of ether oxygens (including phenoxy) is 1. The summed E-state index contributed by atoms with van der Waals surface area (Å²) in [7, 11) is 0. The van der Waals surface area contributed by atoms with E-state index >= 15 is 0 Å². The molecule has 0 bridgehead atoms. The number of anilines is 1. The van der Waals surface area contributed by atoms with Crippen molar-refractivity contribution < 1.29 is 17.9 Å². The molecule has 0 amide bonds. The van der Waals surface area contributed by atoms with E-state index in [-0.39, 0.29) is 5.75 Å². The van der Waals surface area contributed by atoms with E-state index in [0.717, 1.165) is 11.4 Å². The molecule has 114 valence electrons. The average Bonchev–Trinajstić information content (AvgIpc) is 2.92. The van der Waals surface area contributed by atoms with Gasteiger partial charge in [0.25, 0.3) is 5.76 Å². The van der Waals surface area contributed by atoms with Gasteiger partial charge in [0.05, 0.1) is 18.9 Å². The van der Waals surface area contributed by atoms with Gasteiger partial charge in [0.1, 0.15) is 17.3 Å². The second kappa shape index (κ2) is 7.93. The maximum atomic E-state index is 12.1. The van der Waals surface area contributed by atoms with Crippen LogP contribution >= 0.6 is 11.8 Å². The number of alkyl halides is 2. The molecular formula is C15H17F2NO2S. The van der Waals surface area contributed by atoms with Gasteiger partial charge >= 0.3 is 0 Å². The fourth-order valence-electron chi connectivity index (χ4n) is 1.79. The van der Waals surface area contributed by atoms with Gasteiger partial charge in [-0.3, -0.25) is 0 Å². The molecule has 1 N–H and O–H groups in total. The Labute approximate surface area is 126 Å². The van der Waals surface area contributed by atoms with Crippen molar-refractivity contribution in [3.05, 3.63) is 47.9 Å². The SMILES string of the molecule is CCOc1cccc(NCc2ccc(CSC(F)F)o2)c1. The minimum Gasteiger partial charge on any atom is -0.494 e. The summed E-state index contributed by atoms with van der Waals surface area (Å²) in [6.07, 6.45) is 0. The molecule has 0 aliphatic carbocycles. The molecular weight excluding hydrogens is 296 g/mol. The van der Waals surface area contributed by atoms with Crippen LogP contribution in [0.2, 0.25) is 0 Å². The number of nitrogens with one attached hydrogen (secondary N) is 1. The second-order valence-electron chi connectivity index (χ2n) is 4.25. The number of benzene rings is 1. The van der Waals surface area contributed by atoms with Gasteiger partial charge in [-0.1, -0.05) is 17.8 Å². The van der Waals surface area contributed by atoms with Crippen molar-refractivity contribution in [2.45, 2.75) is 25.0 Å². The van der Waals surface area contributed by atoms with Gasteiger partial charge in [-0.15, -0.1) is 0 Å². The minimum absolute atomic E-state index is 0.178. The third-order valence-corrected chi connectivity index (χ3v) is 3.38. The Morgan fingerprint density at radius 1 is 1.24 bits per heavy atom. The lowest BCUT2D eigenvalue weighted by Gasteiger charge is -2.07. The summed E-state index contributed by atoms with van der Waals surface area (Å²) >= 11 is 0.556. The van der Waals surface area contributed by atoms with Gasteiger partial charge in [-0.05, 0) is 31.2 Å². The molecule has 0 fully saturated rings. The molecule has 0 saturated carbocycles. The Kier molecular flexibility index (Phi) is 5.92. The van der Waals surface area contributed by atoms with E-state index in [2.05, 4.69) is 5.32 Å². The van der Waals surface area contributed by atoms with Crippen molar-refractivity contribution in [3.63, 3.8) is 0 Å². The van der Waals surface area contributed by atoms with E-state index in [9.17, 15) is 8.78 Å². The third kappa shape index (κ3) is 5.30. The van der Waals surface area contributed by atoms with E-state index in [1.54, 1.807) is 12.1 Å². The lowest BCUT2D eigenvalue weighted by atomic mass is 10.3. The minimum atomic E-state index is -2.38. The van der Waals surface area contributed by atoms with Crippen LogP contribution in [0.25, 0.3) is 0 Å². The van der Waals surface area contributed by atoms with Gasteiger partial charge in [0.15, 0.2) is 0 Å². The lowest BCUT2D eigenvalue weighted by Crippen LogP contribution is -1.99. The number of rotatable bonds is 8. The summed E-state index contributed by atoms with van der Waals surface area (Å²) in [6, 6.07) is 11.1. The molecule has 0 aliphatic heterocycles. The molecule has 2 aromatic rings. The molecule has 0 aliphatic rings. The van der Waals surface area contributed by atoms with E-state index < -0.39 is 5.76 Å². The molecule has 3 nitrogen and oxygen atoms in total. The number of hydrogen-bond acceptors (Lipinski definition) is 4. The molecule has 0 unspecified atom stereocenters. The highest BCUT2D eigenvalue weighted by molar-refractivity contribution is 7.98. The van der Waals surface area contributed by atoms with Crippen LogP contribution < -0.4 is 10.1 Å². The monoisotopic (exact) mass is 313 g/mol. The molecule has 0 spiro atoms. The summed E-state index contributed by atoms with van der Waals surface area (Å²) in [4.78, 5) is 0. The zero-order chi connectivity index (χ0) is 15.1. The standard InChI is InChI=1S/C15H17F2NO2S/c1-2-19-12-5-3-4-11(8-12)18-9-13-6-7-14(20-13)10-21-15(16)17/h3-8,15,18H,2,9-10H2,1H3. The largest absolute Gasteiger partial charge is 0.494 e. The Bertz CT molecular complexity index is 560. The molecule has 1 aromatic carbocycles. The van der Waals surface area contributed by atoms with Crippen LogP contribution in [0, 0.1) is 0 Å². The highest BCUT2D eigenvalue weighted by Crippen LogP contribution is 2.22. The van der Waals surface area contributed by atoms with Crippen LogP contribution in [0.4, 0.5) is 14.5 Å². The van der Waals surface area contributed by atoms with Crippen LogP contribution in [0.15, 0.2) is 40.8 Å². The maximum Gasteiger partial charge on any atom is 0.284 e. The molecule has 1 aromatic heterocycles. The summed E-state index contributed by atoms with van der Waals surface area (Å²) in [5, 5.41) is 3.21. The Morgan fingerprint density at radius 2 is 2.05 bits per heavy atom. The van der Waals surface area contributed by atoms with Crippen molar-refractivity contribution in [2.75, 3.05) is 11.9 Å². The molecule has 21 heavy (non-hydrogen) atoms. The highest BCUT2D eigenvalue weighted by Gasteiger charge is 2.07. The topological polar surface area (TPSA) is 34.4 Å². The predicted molar refractivity (Wildman–Crippen MR) is 80.9 cm³/mol. The number of furan rings is 1. The van der Waals surface area contributed by atoms with Gasteiger partial charge in [0.2, 0.25) is 0 Å². The van der Waals surface area contributed by atoms with E-state index in [4.69, 9.17) is 9.15 Å². The van der Waals surface area contributed by atoms with Gasteiger partial charge < -0.3 is 14.5 Å². The van der Waals surface area contributed by atoms with Crippen LogP contribution in [0.1, 0.15) is 18.4 Å². The third-order valence-electron chi connectivity index (χ3n) is 2.68. The average molecular weight is 313 g/mol. The van der Waals surface area contributed by atoms with E-state index in [0.29, 0.717) is 36.4 Å². The molecule has 2 rings (SSSR count). The van der Waals surface area contributed by atoms with Crippen molar-refractivity contribution in [2.24, 2.45) is 0 Å². The van der Waals surface area contributed by atoms with Crippen molar-refractivity contribution in [1.82, 2.24) is 0 Å². The first kappa shape index (κ1) is 15.7. The van der Waals surface area contributed by atoms with Crippen molar-refractivity contribution in [3.8, 4) is 5.75 Å². The van der Waals surface area contributed by atoms with Gasteiger partial charge in [0, 0.05) is 11.8 Å². The fraction of sp³-hybridized carbons (Fsp3) is 0.333. The van der Waals surface area contributed by atoms with Crippen LogP contribution in [0.3, 0.4) is 0 Å². The van der Waals surface area contributed by atoms with Crippen molar-refractivity contribution >= 4 is 17.4 Å². The van der Waals surface area contributed by atoms with Crippen LogP contribution in [0.5, 0.6) is 5.75 Å². The first-order chi connectivity index (χ1) is 10.2. The smallest absolute Gasteiger partial charge is 0.284 e. The lowest BCUT2D eigenvalue weighted by molar-refractivity contribution is 0.251. The van der Waals surface area contributed by atoms with Crippen molar-refractivity contribution in [1.29, 1.82) is 0 Å². The fourth-order valence-corrected chi connectivity index (χ4v) is 2.24. The van der Waals surface area contributed by atoms with Gasteiger partial charge in [-0.2, -0.15) is 8.78 Å². The summed E-state index contributed by atoms with van der Waals surface area (Å²) in [6.45, 7) is 3.05. The summed E-state index contributed by atoms with van der Waals surface area (Å²) in [5.74, 6) is -0.131. The number of hydrogen-bond donors (Lipinski definition) is 1. The molecule has 0 saturated heterocycles. The molecule has 0 atom stereocenters. The first-order valence-corrected chi connectivity index (χ1v) is 7.66. The van der Waals surface area contributed by atoms with Gasteiger partial charge in [-0.25, -0.2) is 0 Å². The maximum absolute atomic E-state index is 12.1. The van der Waals surface area contributed by atoms with E-state index in [1.165, 1.54) is 0 Å². The molecule has 6 heteroatoms. The number of halogens is 2. The Balaban J connectivity index is 1.86. The zero-order valence-electron chi connectivity index (χ0n) is 11.6. The zero-order valence-corrected chi connectivity index (χ0v) is 12.5. The van der Waals surface area contributed by atoms with Crippen LogP contribution in [-0.4, -0.2) is 12.4 Å². The predicted octanol–water partition coefficient (Wildman–Crippen LogP) is 4.75. The molecule has 1 heterocycles. The first-order valence-electron chi connectivity index (χ1n) is 6.61. The normalized spacial score (nSPS) is 10.9.